The Morgan fingerprint density at radius 2 is 1.84 bits per heavy atom. The zero-order chi connectivity index (χ0) is 13.7. The summed E-state index contributed by atoms with van der Waals surface area (Å²) in [5.41, 5.74) is 1.30. The second kappa shape index (κ2) is 6.24. The van der Waals surface area contributed by atoms with Crippen molar-refractivity contribution in [2.24, 2.45) is 5.92 Å². The molecule has 1 saturated carbocycles. The summed E-state index contributed by atoms with van der Waals surface area (Å²) in [6, 6.07) is 9.03. The van der Waals surface area contributed by atoms with Crippen molar-refractivity contribution in [3.8, 4) is 6.07 Å². The number of carbonyl (C=O) groups excluding carboxylic acids is 1. The van der Waals surface area contributed by atoms with Crippen LogP contribution in [-0.2, 0) is 0 Å². The predicted molar refractivity (Wildman–Crippen MR) is 74.7 cm³/mol. The molecule has 1 fully saturated rings. The Bertz CT molecular complexity index is 467. The average Bonchev–Trinajstić information content (AvgIpc) is 2.42. The van der Waals surface area contributed by atoms with Crippen molar-refractivity contribution in [2.45, 2.75) is 38.6 Å². The highest BCUT2D eigenvalue weighted by Crippen LogP contribution is 2.23. The molecule has 1 aliphatic carbocycles. The maximum atomic E-state index is 11.8. The van der Waals surface area contributed by atoms with E-state index in [4.69, 9.17) is 5.26 Å². The first kappa shape index (κ1) is 13.4. The van der Waals surface area contributed by atoms with Crippen LogP contribution in [0.5, 0.6) is 0 Å². The zero-order valence-corrected chi connectivity index (χ0v) is 11.1. The van der Waals surface area contributed by atoms with Crippen LogP contribution in [0.1, 0.15) is 38.2 Å². The lowest BCUT2D eigenvalue weighted by Gasteiger charge is -2.26. The Kier molecular flexibility index (Phi) is 4.40. The van der Waals surface area contributed by atoms with E-state index in [9.17, 15) is 4.79 Å². The maximum absolute atomic E-state index is 11.8. The van der Waals surface area contributed by atoms with Gasteiger partial charge in [0.2, 0.25) is 0 Å². The summed E-state index contributed by atoms with van der Waals surface area (Å²) < 4.78 is 0. The molecule has 0 bridgehead atoms. The second-order valence-electron chi connectivity index (χ2n) is 5.24. The Labute approximate surface area is 113 Å². The van der Waals surface area contributed by atoms with E-state index in [-0.39, 0.29) is 12.1 Å². The van der Waals surface area contributed by atoms with Crippen LogP contribution in [0.4, 0.5) is 10.5 Å². The monoisotopic (exact) mass is 257 g/mol. The summed E-state index contributed by atoms with van der Waals surface area (Å²) in [7, 11) is 0. The quantitative estimate of drug-likeness (QED) is 0.854. The first-order chi connectivity index (χ1) is 9.17. The number of hydrogen-bond acceptors (Lipinski definition) is 2. The molecule has 0 aliphatic heterocycles. The molecule has 4 heteroatoms. The highest BCUT2D eigenvalue weighted by molar-refractivity contribution is 5.89. The van der Waals surface area contributed by atoms with Gasteiger partial charge >= 0.3 is 6.03 Å². The molecule has 1 aromatic carbocycles. The summed E-state index contributed by atoms with van der Waals surface area (Å²) >= 11 is 0. The fourth-order valence-electron chi connectivity index (χ4n) is 2.39. The number of nitriles is 1. The Balaban J connectivity index is 1.82. The first-order valence-electron chi connectivity index (χ1n) is 6.75. The van der Waals surface area contributed by atoms with Gasteiger partial charge in [-0.25, -0.2) is 4.79 Å². The number of benzene rings is 1. The minimum atomic E-state index is -0.163. The van der Waals surface area contributed by atoms with Crippen molar-refractivity contribution in [1.29, 1.82) is 5.26 Å². The number of rotatable bonds is 2. The van der Waals surface area contributed by atoms with E-state index in [0.717, 1.165) is 18.8 Å². The summed E-state index contributed by atoms with van der Waals surface area (Å²) in [4.78, 5) is 11.8. The lowest BCUT2D eigenvalue weighted by molar-refractivity contribution is 0.239. The molecule has 2 rings (SSSR count). The van der Waals surface area contributed by atoms with E-state index in [1.54, 1.807) is 24.3 Å². The van der Waals surface area contributed by atoms with Crippen molar-refractivity contribution in [3.63, 3.8) is 0 Å². The number of carbonyl (C=O) groups is 1. The molecule has 100 valence electrons. The average molecular weight is 257 g/mol. The fourth-order valence-corrected chi connectivity index (χ4v) is 2.39. The zero-order valence-electron chi connectivity index (χ0n) is 11.1. The van der Waals surface area contributed by atoms with E-state index >= 15 is 0 Å². The van der Waals surface area contributed by atoms with Crippen LogP contribution >= 0.6 is 0 Å². The third kappa shape index (κ3) is 3.99. The standard InChI is InChI=1S/C15H19N3O/c1-11-2-6-13(7-3-11)17-15(19)18-14-8-4-12(10-16)5-9-14/h4-5,8-9,11,13H,2-3,6-7H2,1H3,(H2,17,18,19). The molecular formula is C15H19N3O. The van der Waals surface area contributed by atoms with E-state index in [1.807, 2.05) is 6.07 Å². The van der Waals surface area contributed by atoms with Crippen LogP contribution in [0.2, 0.25) is 0 Å². The van der Waals surface area contributed by atoms with Gasteiger partial charge in [0.05, 0.1) is 11.6 Å². The molecule has 0 unspecified atom stereocenters. The van der Waals surface area contributed by atoms with E-state index in [1.165, 1.54) is 12.8 Å². The number of nitrogens with zero attached hydrogens (tertiary/aromatic N) is 1. The maximum Gasteiger partial charge on any atom is 0.319 e. The van der Waals surface area contributed by atoms with Gasteiger partial charge in [0, 0.05) is 11.7 Å². The number of amides is 2. The van der Waals surface area contributed by atoms with Crippen LogP contribution in [0.15, 0.2) is 24.3 Å². The minimum absolute atomic E-state index is 0.163. The van der Waals surface area contributed by atoms with Gasteiger partial charge in [-0.3, -0.25) is 0 Å². The summed E-state index contributed by atoms with van der Waals surface area (Å²) in [5, 5.41) is 14.5. The lowest BCUT2D eigenvalue weighted by Crippen LogP contribution is -2.39. The van der Waals surface area contributed by atoms with Crippen molar-refractivity contribution in [3.05, 3.63) is 29.8 Å². The molecule has 0 atom stereocenters. The number of urea groups is 1. The van der Waals surface area contributed by atoms with Gasteiger partial charge in [0.15, 0.2) is 0 Å². The van der Waals surface area contributed by atoms with Gasteiger partial charge in [-0.05, 0) is 55.9 Å². The first-order valence-corrected chi connectivity index (χ1v) is 6.75. The van der Waals surface area contributed by atoms with E-state index < -0.39 is 0 Å². The van der Waals surface area contributed by atoms with Crippen LogP contribution in [0, 0.1) is 17.2 Å². The molecule has 19 heavy (non-hydrogen) atoms. The Hall–Kier alpha value is -2.02. The lowest BCUT2D eigenvalue weighted by atomic mass is 9.87. The number of anilines is 1. The highest BCUT2D eigenvalue weighted by atomic mass is 16.2. The van der Waals surface area contributed by atoms with E-state index in [2.05, 4.69) is 17.6 Å². The molecule has 2 amide bonds. The van der Waals surface area contributed by atoms with Gasteiger partial charge in [0.1, 0.15) is 0 Å². The van der Waals surface area contributed by atoms with E-state index in [0.29, 0.717) is 11.3 Å². The molecule has 0 aromatic heterocycles. The van der Waals surface area contributed by atoms with Crippen LogP contribution in [0.25, 0.3) is 0 Å². The van der Waals surface area contributed by atoms with Gasteiger partial charge in [0.25, 0.3) is 0 Å². The molecule has 0 saturated heterocycles. The predicted octanol–water partition coefficient (Wildman–Crippen LogP) is 3.26. The van der Waals surface area contributed by atoms with Crippen LogP contribution < -0.4 is 10.6 Å². The Morgan fingerprint density at radius 3 is 2.42 bits per heavy atom. The molecule has 0 heterocycles. The van der Waals surface area contributed by atoms with Crippen molar-refractivity contribution < 1.29 is 4.79 Å². The van der Waals surface area contributed by atoms with Gasteiger partial charge in [-0.15, -0.1) is 0 Å². The Morgan fingerprint density at radius 1 is 1.21 bits per heavy atom. The molecular weight excluding hydrogens is 238 g/mol. The largest absolute Gasteiger partial charge is 0.335 e. The molecule has 4 nitrogen and oxygen atoms in total. The number of nitrogens with one attached hydrogen (secondary N) is 2. The summed E-state index contributed by atoms with van der Waals surface area (Å²) in [5.74, 6) is 0.777. The SMILES string of the molecule is CC1CCC(NC(=O)Nc2ccc(C#N)cc2)CC1. The summed E-state index contributed by atoms with van der Waals surface area (Å²) in [6.45, 7) is 2.26. The van der Waals surface area contributed by atoms with Gasteiger partial charge in [-0.1, -0.05) is 6.92 Å². The summed E-state index contributed by atoms with van der Waals surface area (Å²) in [6.07, 6.45) is 4.48. The third-order valence-electron chi connectivity index (χ3n) is 3.62. The van der Waals surface area contributed by atoms with Gasteiger partial charge < -0.3 is 10.6 Å². The highest BCUT2D eigenvalue weighted by Gasteiger charge is 2.19. The molecule has 1 aliphatic rings. The van der Waals surface area contributed by atoms with Crippen LogP contribution in [0.3, 0.4) is 0 Å². The minimum Gasteiger partial charge on any atom is -0.335 e. The molecule has 0 spiro atoms. The smallest absolute Gasteiger partial charge is 0.319 e. The molecule has 2 N–H and O–H groups in total. The van der Waals surface area contributed by atoms with Crippen LogP contribution in [-0.4, -0.2) is 12.1 Å². The fraction of sp³-hybridized carbons (Fsp3) is 0.467. The van der Waals surface area contributed by atoms with Gasteiger partial charge in [-0.2, -0.15) is 5.26 Å². The van der Waals surface area contributed by atoms with Crippen molar-refractivity contribution in [1.82, 2.24) is 5.32 Å². The van der Waals surface area contributed by atoms with Crippen molar-refractivity contribution in [2.75, 3.05) is 5.32 Å². The van der Waals surface area contributed by atoms with Crippen molar-refractivity contribution >= 4 is 11.7 Å². The topological polar surface area (TPSA) is 64.9 Å². The number of hydrogen-bond donors (Lipinski definition) is 2. The molecule has 0 radical (unpaired) electrons. The normalized spacial score (nSPS) is 22.3. The second-order valence-corrected chi connectivity index (χ2v) is 5.24. The molecule has 1 aromatic rings. The third-order valence-corrected chi connectivity index (χ3v) is 3.62.